The smallest absolute Gasteiger partial charge is 0.113 e. The zero-order valence-corrected chi connectivity index (χ0v) is 13.5. The summed E-state index contributed by atoms with van der Waals surface area (Å²) < 4.78 is 0. The fourth-order valence-corrected chi connectivity index (χ4v) is 4.31. The molecule has 0 amide bonds. The Morgan fingerprint density at radius 3 is 2.58 bits per heavy atom. The van der Waals surface area contributed by atoms with Crippen LogP contribution >= 0.6 is 11.3 Å². The van der Waals surface area contributed by atoms with Crippen LogP contribution in [0.3, 0.4) is 0 Å². The zero-order valence-electron chi connectivity index (χ0n) is 12.7. The molecular formula is C16H28N2S. The van der Waals surface area contributed by atoms with Crippen molar-refractivity contribution >= 4 is 11.3 Å². The van der Waals surface area contributed by atoms with Crippen LogP contribution in [0.1, 0.15) is 69.5 Å². The third-order valence-electron chi connectivity index (χ3n) is 4.40. The number of thiazole rings is 1. The van der Waals surface area contributed by atoms with Crippen molar-refractivity contribution in [2.24, 2.45) is 5.92 Å². The summed E-state index contributed by atoms with van der Waals surface area (Å²) in [6, 6.07) is 0. The van der Waals surface area contributed by atoms with Gasteiger partial charge in [0.2, 0.25) is 0 Å². The summed E-state index contributed by atoms with van der Waals surface area (Å²) in [6.45, 7) is 7.77. The maximum Gasteiger partial charge on any atom is 0.113 e. The monoisotopic (exact) mass is 280 g/mol. The maximum atomic E-state index is 4.79. The zero-order chi connectivity index (χ0) is 13.7. The molecule has 2 nitrogen and oxygen atoms in total. The van der Waals surface area contributed by atoms with Gasteiger partial charge in [-0.25, -0.2) is 4.98 Å². The van der Waals surface area contributed by atoms with Crippen molar-refractivity contribution in [1.82, 2.24) is 10.3 Å². The van der Waals surface area contributed by atoms with E-state index in [-0.39, 0.29) is 5.54 Å². The number of aryl methyl sites for hydroxylation is 1. The lowest BCUT2D eigenvalue weighted by Gasteiger charge is -2.39. The number of hydrogen-bond donors (Lipinski definition) is 1. The molecule has 0 atom stereocenters. The predicted molar refractivity (Wildman–Crippen MR) is 83.7 cm³/mol. The topological polar surface area (TPSA) is 24.9 Å². The van der Waals surface area contributed by atoms with Crippen LogP contribution in [-0.2, 0) is 5.54 Å². The largest absolute Gasteiger partial charge is 0.305 e. The minimum atomic E-state index is 0.180. The van der Waals surface area contributed by atoms with Gasteiger partial charge in [0.05, 0.1) is 5.54 Å². The number of rotatable bonds is 6. The number of aromatic nitrogens is 1. The van der Waals surface area contributed by atoms with Gasteiger partial charge in [-0.05, 0) is 51.5 Å². The van der Waals surface area contributed by atoms with Crippen molar-refractivity contribution in [2.45, 2.75) is 71.3 Å². The molecule has 0 saturated heterocycles. The molecule has 0 aliphatic heterocycles. The van der Waals surface area contributed by atoms with Gasteiger partial charge in [-0.3, -0.25) is 0 Å². The third-order valence-corrected chi connectivity index (χ3v) is 5.56. The number of nitrogens with zero attached hydrogens (tertiary/aromatic N) is 1. The molecule has 1 saturated carbocycles. The molecule has 1 aliphatic rings. The molecule has 2 rings (SSSR count). The minimum Gasteiger partial charge on any atom is -0.305 e. The van der Waals surface area contributed by atoms with Crippen LogP contribution in [0.4, 0.5) is 0 Å². The van der Waals surface area contributed by atoms with Crippen LogP contribution in [0.2, 0.25) is 0 Å². The minimum absolute atomic E-state index is 0.180. The van der Waals surface area contributed by atoms with Crippen molar-refractivity contribution < 1.29 is 0 Å². The first-order valence-corrected chi connectivity index (χ1v) is 8.75. The number of hydrogen-bond acceptors (Lipinski definition) is 3. The molecule has 19 heavy (non-hydrogen) atoms. The van der Waals surface area contributed by atoms with E-state index in [4.69, 9.17) is 4.98 Å². The Morgan fingerprint density at radius 1 is 1.32 bits per heavy atom. The molecule has 1 N–H and O–H groups in total. The molecular weight excluding hydrogens is 252 g/mol. The van der Waals surface area contributed by atoms with E-state index in [1.165, 1.54) is 55.6 Å². The SMILES string of the molecule is CCCNC1(c2nc(C)cs2)CCC(CCC)CC1. The van der Waals surface area contributed by atoms with Gasteiger partial charge < -0.3 is 5.32 Å². The normalized spacial score (nSPS) is 27.6. The Hall–Kier alpha value is -0.410. The summed E-state index contributed by atoms with van der Waals surface area (Å²) in [6.07, 6.45) is 9.20. The molecule has 1 fully saturated rings. The van der Waals surface area contributed by atoms with Crippen molar-refractivity contribution in [2.75, 3.05) is 6.54 Å². The molecule has 0 unspecified atom stereocenters. The van der Waals surface area contributed by atoms with E-state index in [0.29, 0.717) is 0 Å². The Labute approximate surface area is 122 Å². The van der Waals surface area contributed by atoms with Crippen molar-refractivity contribution in [1.29, 1.82) is 0 Å². The van der Waals surface area contributed by atoms with E-state index in [9.17, 15) is 0 Å². The summed E-state index contributed by atoms with van der Waals surface area (Å²) in [5.41, 5.74) is 1.35. The van der Waals surface area contributed by atoms with Gasteiger partial charge in [0, 0.05) is 11.1 Å². The quantitative estimate of drug-likeness (QED) is 0.821. The lowest BCUT2D eigenvalue weighted by atomic mass is 9.75. The van der Waals surface area contributed by atoms with E-state index in [0.717, 1.165) is 12.5 Å². The summed E-state index contributed by atoms with van der Waals surface area (Å²) in [5, 5.41) is 7.35. The van der Waals surface area contributed by atoms with Crippen LogP contribution in [0.5, 0.6) is 0 Å². The van der Waals surface area contributed by atoms with Crippen LogP contribution in [0.25, 0.3) is 0 Å². The van der Waals surface area contributed by atoms with E-state index < -0.39 is 0 Å². The third kappa shape index (κ3) is 3.57. The maximum absolute atomic E-state index is 4.79. The first kappa shape index (κ1) is 15.0. The van der Waals surface area contributed by atoms with Gasteiger partial charge in [-0.15, -0.1) is 11.3 Å². The van der Waals surface area contributed by atoms with Crippen molar-refractivity contribution in [3.05, 3.63) is 16.1 Å². The molecule has 0 spiro atoms. The van der Waals surface area contributed by atoms with Crippen molar-refractivity contribution in [3.8, 4) is 0 Å². The average molecular weight is 280 g/mol. The van der Waals surface area contributed by atoms with E-state index in [2.05, 4.69) is 31.5 Å². The van der Waals surface area contributed by atoms with Gasteiger partial charge in [0.15, 0.2) is 0 Å². The molecule has 108 valence electrons. The highest BCUT2D eigenvalue weighted by molar-refractivity contribution is 7.09. The van der Waals surface area contributed by atoms with Crippen molar-refractivity contribution in [3.63, 3.8) is 0 Å². The Morgan fingerprint density at radius 2 is 2.05 bits per heavy atom. The molecule has 1 heterocycles. The molecule has 1 aromatic heterocycles. The van der Waals surface area contributed by atoms with Crippen LogP contribution in [-0.4, -0.2) is 11.5 Å². The summed E-state index contributed by atoms with van der Waals surface area (Å²) >= 11 is 1.85. The predicted octanol–water partition coefficient (Wildman–Crippen LogP) is 4.64. The fourth-order valence-electron chi connectivity index (χ4n) is 3.27. The average Bonchev–Trinajstić information content (AvgIpc) is 2.86. The van der Waals surface area contributed by atoms with Gasteiger partial charge in [0.25, 0.3) is 0 Å². The Bertz CT molecular complexity index is 378. The van der Waals surface area contributed by atoms with Crippen LogP contribution in [0.15, 0.2) is 5.38 Å². The van der Waals surface area contributed by atoms with Crippen LogP contribution < -0.4 is 5.32 Å². The second-order valence-electron chi connectivity index (χ2n) is 6.03. The first-order valence-electron chi connectivity index (χ1n) is 7.88. The van der Waals surface area contributed by atoms with Gasteiger partial charge in [0.1, 0.15) is 5.01 Å². The second-order valence-corrected chi connectivity index (χ2v) is 6.89. The summed E-state index contributed by atoms with van der Waals surface area (Å²) in [5.74, 6) is 0.947. The Balaban J connectivity index is 2.09. The van der Waals surface area contributed by atoms with E-state index in [1.807, 2.05) is 11.3 Å². The lowest BCUT2D eigenvalue weighted by molar-refractivity contribution is 0.181. The highest BCUT2D eigenvalue weighted by Crippen LogP contribution is 2.42. The van der Waals surface area contributed by atoms with E-state index in [1.54, 1.807) is 0 Å². The highest BCUT2D eigenvalue weighted by atomic mass is 32.1. The Kier molecular flexibility index (Phi) is 5.40. The fraction of sp³-hybridized carbons (Fsp3) is 0.812. The molecule has 0 radical (unpaired) electrons. The summed E-state index contributed by atoms with van der Waals surface area (Å²) in [4.78, 5) is 4.79. The lowest BCUT2D eigenvalue weighted by Crippen LogP contribution is -2.45. The molecule has 0 aromatic carbocycles. The summed E-state index contributed by atoms with van der Waals surface area (Å²) in [7, 11) is 0. The van der Waals surface area contributed by atoms with Gasteiger partial charge in [-0.1, -0.05) is 26.7 Å². The second kappa shape index (κ2) is 6.85. The molecule has 1 aliphatic carbocycles. The van der Waals surface area contributed by atoms with Crippen LogP contribution in [0, 0.1) is 12.8 Å². The van der Waals surface area contributed by atoms with Gasteiger partial charge >= 0.3 is 0 Å². The molecule has 3 heteroatoms. The molecule has 1 aromatic rings. The number of nitrogens with one attached hydrogen (secondary N) is 1. The highest BCUT2D eigenvalue weighted by Gasteiger charge is 2.38. The first-order chi connectivity index (χ1) is 9.20. The van der Waals surface area contributed by atoms with E-state index >= 15 is 0 Å². The van der Waals surface area contributed by atoms with Gasteiger partial charge in [-0.2, -0.15) is 0 Å². The molecule has 0 bridgehead atoms. The standard InChI is InChI=1S/C16H28N2S/c1-4-6-14-7-9-16(10-8-14,17-11-5-2)15-18-13(3)12-19-15/h12,14,17H,4-11H2,1-3H3.